The van der Waals surface area contributed by atoms with E-state index in [2.05, 4.69) is 20.9 Å². The van der Waals surface area contributed by atoms with Crippen LogP contribution in [0.2, 0.25) is 0 Å². The SMILES string of the molecule is Cc1nc2ccc(OCC3CNC3)cc2n1C. The lowest BCUT2D eigenvalue weighted by Gasteiger charge is -2.26. The first-order chi connectivity index (χ1) is 8.24. The number of ether oxygens (including phenoxy) is 1. The van der Waals surface area contributed by atoms with Crippen LogP contribution in [0.3, 0.4) is 0 Å². The van der Waals surface area contributed by atoms with Gasteiger partial charge in [0.25, 0.3) is 0 Å². The summed E-state index contributed by atoms with van der Waals surface area (Å²) >= 11 is 0. The van der Waals surface area contributed by atoms with Crippen LogP contribution in [-0.4, -0.2) is 29.2 Å². The molecule has 0 saturated carbocycles. The molecule has 17 heavy (non-hydrogen) atoms. The number of imidazole rings is 1. The van der Waals surface area contributed by atoms with Gasteiger partial charge in [0.1, 0.15) is 11.6 Å². The van der Waals surface area contributed by atoms with Crippen LogP contribution >= 0.6 is 0 Å². The van der Waals surface area contributed by atoms with Crippen molar-refractivity contribution in [2.75, 3.05) is 19.7 Å². The van der Waals surface area contributed by atoms with Gasteiger partial charge in [-0.2, -0.15) is 0 Å². The fourth-order valence-electron chi connectivity index (χ4n) is 2.06. The van der Waals surface area contributed by atoms with Crippen LogP contribution in [0.4, 0.5) is 0 Å². The number of hydrogen-bond donors (Lipinski definition) is 1. The van der Waals surface area contributed by atoms with Crippen LogP contribution in [0, 0.1) is 12.8 Å². The maximum absolute atomic E-state index is 5.80. The van der Waals surface area contributed by atoms with Gasteiger partial charge in [-0.1, -0.05) is 0 Å². The van der Waals surface area contributed by atoms with Crippen LogP contribution < -0.4 is 10.1 Å². The van der Waals surface area contributed by atoms with Gasteiger partial charge in [-0.05, 0) is 19.1 Å². The van der Waals surface area contributed by atoms with Crippen LogP contribution in [0.15, 0.2) is 18.2 Å². The van der Waals surface area contributed by atoms with E-state index in [0.29, 0.717) is 5.92 Å². The summed E-state index contributed by atoms with van der Waals surface area (Å²) < 4.78 is 7.89. The summed E-state index contributed by atoms with van der Waals surface area (Å²) in [5.74, 6) is 2.63. The van der Waals surface area contributed by atoms with Crippen molar-refractivity contribution in [3.05, 3.63) is 24.0 Å². The molecule has 0 radical (unpaired) electrons. The zero-order chi connectivity index (χ0) is 11.8. The van der Waals surface area contributed by atoms with E-state index in [4.69, 9.17) is 4.74 Å². The van der Waals surface area contributed by atoms with Crippen molar-refractivity contribution in [2.45, 2.75) is 6.92 Å². The lowest BCUT2D eigenvalue weighted by atomic mass is 10.1. The average Bonchev–Trinajstić information content (AvgIpc) is 2.53. The second kappa shape index (κ2) is 4.04. The summed E-state index contributed by atoms with van der Waals surface area (Å²) in [7, 11) is 2.03. The second-order valence-corrected chi connectivity index (χ2v) is 4.70. The minimum absolute atomic E-state index is 0.666. The molecule has 0 aliphatic carbocycles. The molecular weight excluding hydrogens is 214 g/mol. The molecular formula is C13H17N3O. The predicted octanol–water partition coefficient (Wildman–Crippen LogP) is 1.48. The van der Waals surface area contributed by atoms with E-state index >= 15 is 0 Å². The molecule has 0 atom stereocenters. The molecule has 2 heterocycles. The molecule has 4 heteroatoms. The first kappa shape index (κ1) is 10.6. The predicted molar refractivity (Wildman–Crippen MR) is 67.3 cm³/mol. The number of hydrogen-bond acceptors (Lipinski definition) is 3. The molecule has 0 spiro atoms. The summed E-state index contributed by atoms with van der Waals surface area (Å²) in [4.78, 5) is 4.47. The number of rotatable bonds is 3. The molecule has 1 aromatic heterocycles. The van der Waals surface area contributed by atoms with Gasteiger partial charge >= 0.3 is 0 Å². The monoisotopic (exact) mass is 231 g/mol. The molecule has 1 aromatic carbocycles. The van der Waals surface area contributed by atoms with Crippen molar-refractivity contribution >= 4 is 11.0 Å². The van der Waals surface area contributed by atoms with Crippen molar-refractivity contribution in [1.29, 1.82) is 0 Å². The van der Waals surface area contributed by atoms with Gasteiger partial charge in [0.15, 0.2) is 0 Å². The topological polar surface area (TPSA) is 39.1 Å². The zero-order valence-electron chi connectivity index (χ0n) is 10.2. The Kier molecular flexibility index (Phi) is 2.52. The maximum Gasteiger partial charge on any atom is 0.121 e. The largest absolute Gasteiger partial charge is 0.493 e. The number of nitrogens with one attached hydrogen (secondary N) is 1. The number of benzene rings is 1. The minimum atomic E-state index is 0.666. The summed E-state index contributed by atoms with van der Waals surface area (Å²) in [5.41, 5.74) is 2.16. The Labute approximate surface area is 101 Å². The molecule has 0 bridgehead atoms. The summed E-state index contributed by atoms with van der Waals surface area (Å²) in [6.45, 7) is 4.97. The Bertz CT molecular complexity index is 543. The minimum Gasteiger partial charge on any atom is -0.493 e. The van der Waals surface area contributed by atoms with Crippen LogP contribution in [-0.2, 0) is 7.05 Å². The van der Waals surface area contributed by atoms with Crippen molar-refractivity contribution in [3.8, 4) is 5.75 Å². The quantitative estimate of drug-likeness (QED) is 0.869. The average molecular weight is 231 g/mol. The van der Waals surface area contributed by atoms with Gasteiger partial charge in [0.05, 0.1) is 17.6 Å². The van der Waals surface area contributed by atoms with E-state index in [1.54, 1.807) is 0 Å². The highest BCUT2D eigenvalue weighted by molar-refractivity contribution is 5.77. The Morgan fingerprint density at radius 1 is 1.47 bits per heavy atom. The highest BCUT2D eigenvalue weighted by Gasteiger charge is 2.17. The third-order valence-electron chi connectivity index (χ3n) is 3.43. The van der Waals surface area contributed by atoms with E-state index in [1.807, 2.05) is 26.1 Å². The third-order valence-corrected chi connectivity index (χ3v) is 3.43. The fraction of sp³-hybridized carbons (Fsp3) is 0.462. The van der Waals surface area contributed by atoms with E-state index in [1.165, 1.54) is 0 Å². The lowest BCUT2D eigenvalue weighted by Crippen LogP contribution is -2.45. The summed E-state index contributed by atoms with van der Waals surface area (Å²) in [6.07, 6.45) is 0. The van der Waals surface area contributed by atoms with Gasteiger partial charge in [-0.25, -0.2) is 4.98 Å². The normalized spacial score (nSPS) is 16.1. The fourth-order valence-corrected chi connectivity index (χ4v) is 2.06. The maximum atomic E-state index is 5.80. The Morgan fingerprint density at radius 3 is 3.00 bits per heavy atom. The van der Waals surface area contributed by atoms with Crippen LogP contribution in [0.5, 0.6) is 5.75 Å². The van der Waals surface area contributed by atoms with Crippen LogP contribution in [0.25, 0.3) is 11.0 Å². The van der Waals surface area contributed by atoms with Gasteiger partial charge in [0.2, 0.25) is 0 Å². The van der Waals surface area contributed by atoms with Crippen molar-refractivity contribution in [3.63, 3.8) is 0 Å². The van der Waals surface area contributed by atoms with Gasteiger partial charge < -0.3 is 14.6 Å². The van der Waals surface area contributed by atoms with E-state index in [-0.39, 0.29) is 0 Å². The first-order valence-electron chi connectivity index (χ1n) is 6.00. The molecule has 1 fully saturated rings. The highest BCUT2D eigenvalue weighted by Crippen LogP contribution is 2.21. The van der Waals surface area contributed by atoms with Crippen molar-refractivity contribution in [1.82, 2.24) is 14.9 Å². The lowest BCUT2D eigenvalue weighted by molar-refractivity contribution is 0.199. The molecule has 1 saturated heterocycles. The van der Waals surface area contributed by atoms with Crippen molar-refractivity contribution < 1.29 is 4.74 Å². The number of aromatic nitrogens is 2. The third kappa shape index (κ3) is 1.89. The van der Waals surface area contributed by atoms with Crippen molar-refractivity contribution in [2.24, 2.45) is 13.0 Å². The summed E-state index contributed by atoms with van der Waals surface area (Å²) in [5, 5.41) is 3.25. The first-order valence-corrected chi connectivity index (χ1v) is 6.00. The summed E-state index contributed by atoms with van der Waals surface area (Å²) in [6, 6.07) is 6.10. The Morgan fingerprint density at radius 2 is 2.29 bits per heavy atom. The molecule has 0 unspecified atom stereocenters. The smallest absolute Gasteiger partial charge is 0.121 e. The number of nitrogens with zero attached hydrogens (tertiary/aromatic N) is 2. The molecule has 90 valence electrons. The molecule has 1 N–H and O–H groups in total. The van der Waals surface area contributed by atoms with Gasteiger partial charge in [-0.3, -0.25) is 0 Å². The number of fused-ring (bicyclic) bond motifs is 1. The Balaban J connectivity index is 1.82. The van der Waals surface area contributed by atoms with E-state index in [9.17, 15) is 0 Å². The van der Waals surface area contributed by atoms with Crippen LogP contribution in [0.1, 0.15) is 5.82 Å². The number of aryl methyl sites for hydroxylation is 2. The molecule has 3 rings (SSSR count). The zero-order valence-corrected chi connectivity index (χ0v) is 10.2. The van der Waals surface area contributed by atoms with E-state index < -0.39 is 0 Å². The second-order valence-electron chi connectivity index (χ2n) is 4.70. The molecule has 0 amide bonds. The standard InChI is InChI=1S/C13H17N3O/c1-9-15-12-4-3-11(5-13(12)16(9)2)17-8-10-6-14-7-10/h3-5,10,14H,6-8H2,1-2H3. The Hall–Kier alpha value is -1.55. The van der Waals surface area contributed by atoms with E-state index in [0.717, 1.165) is 42.3 Å². The van der Waals surface area contributed by atoms with Gasteiger partial charge in [-0.15, -0.1) is 0 Å². The molecule has 1 aliphatic rings. The molecule has 1 aliphatic heterocycles. The van der Waals surface area contributed by atoms with Gasteiger partial charge in [0, 0.05) is 32.1 Å². The highest BCUT2D eigenvalue weighted by atomic mass is 16.5. The molecule has 4 nitrogen and oxygen atoms in total. The molecule has 2 aromatic rings.